The highest BCUT2D eigenvalue weighted by molar-refractivity contribution is 7.18. The van der Waals surface area contributed by atoms with Crippen LogP contribution in [0.5, 0.6) is 5.75 Å². The van der Waals surface area contributed by atoms with Crippen molar-refractivity contribution in [3.05, 3.63) is 53.5 Å². The molecule has 1 aliphatic rings. The maximum absolute atomic E-state index is 12.6. The first kappa shape index (κ1) is 17.9. The number of piperidine rings is 1. The molecule has 1 saturated heterocycles. The van der Waals surface area contributed by atoms with Crippen LogP contribution in [-0.2, 0) is 4.79 Å². The lowest BCUT2D eigenvalue weighted by Gasteiger charge is -2.30. The monoisotopic (exact) mass is 382 g/mol. The molecule has 140 valence electrons. The first-order valence-corrected chi connectivity index (χ1v) is 10.2. The summed E-state index contributed by atoms with van der Waals surface area (Å²) in [6, 6.07) is 16.0. The molecule has 3 aromatic rings. The van der Waals surface area contributed by atoms with E-state index in [-0.39, 0.29) is 5.91 Å². The fraction of sp³-hybridized carbons (Fsp3) is 0.333. The van der Waals surface area contributed by atoms with E-state index in [1.807, 2.05) is 30.3 Å². The Balaban J connectivity index is 1.46. The lowest BCUT2D eigenvalue weighted by atomic mass is 10.0. The fourth-order valence-electron chi connectivity index (χ4n) is 3.71. The number of aromatic nitrogens is 1. The van der Waals surface area contributed by atoms with Crippen LogP contribution in [0.1, 0.15) is 30.3 Å². The van der Waals surface area contributed by atoms with Crippen molar-refractivity contribution in [2.75, 3.05) is 25.5 Å². The van der Waals surface area contributed by atoms with E-state index in [2.05, 4.69) is 23.5 Å². The van der Waals surface area contributed by atoms with E-state index in [9.17, 15) is 4.79 Å². The van der Waals surface area contributed by atoms with Crippen molar-refractivity contribution in [3.8, 4) is 5.75 Å². The third-order valence-corrected chi connectivity index (χ3v) is 6.25. The molecule has 2 heterocycles. The van der Waals surface area contributed by atoms with Crippen LogP contribution in [-0.4, -0.2) is 31.1 Å². The predicted molar refractivity (Wildman–Crippen MR) is 109 cm³/mol. The molecular weight excluding hydrogens is 358 g/mol. The number of carbonyl (C=O) groups excluding carboxylic acids is 1. The number of para-hydroxylation sites is 1. The van der Waals surface area contributed by atoms with Gasteiger partial charge in [-0.25, -0.2) is 4.98 Å². The van der Waals surface area contributed by atoms with Gasteiger partial charge in [-0.2, -0.15) is 0 Å². The molecule has 0 spiro atoms. The molecule has 4 rings (SSSR count). The Morgan fingerprint density at radius 2 is 2.04 bits per heavy atom. The van der Waals surface area contributed by atoms with Gasteiger partial charge < -0.3 is 15.0 Å². The molecular formula is C21H24N3O2S+. The second-order valence-corrected chi connectivity index (χ2v) is 7.99. The first-order chi connectivity index (χ1) is 13.2. The summed E-state index contributed by atoms with van der Waals surface area (Å²) < 4.78 is 6.38. The molecule has 1 fully saturated rings. The average molecular weight is 383 g/mol. The van der Waals surface area contributed by atoms with Gasteiger partial charge in [0.05, 0.1) is 23.9 Å². The van der Waals surface area contributed by atoms with Crippen LogP contribution in [0, 0.1) is 0 Å². The Morgan fingerprint density at radius 3 is 2.81 bits per heavy atom. The Morgan fingerprint density at radius 1 is 1.22 bits per heavy atom. The lowest BCUT2D eigenvalue weighted by molar-refractivity contribution is -0.929. The zero-order valence-corrected chi connectivity index (χ0v) is 16.2. The summed E-state index contributed by atoms with van der Waals surface area (Å²) in [5.41, 5.74) is 1.86. The van der Waals surface area contributed by atoms with Gasteiger partial charge in [-0.3, -0.25) is 4.79 Å². The van der Waals surface area contributed by atoms with Crippen LogP contribution in [0.4, 0.5) is 5.69 Å². The standard InChI is InChI=1S/C21H23N3O2S/c1-26-16-11-9-15(10-12-16)22-20(25)14-24-13-5-4-7-18(24)21-23-17-6-2-3-8-19(17)27-21/h2-3,6,8-12,18H,4-5,7,13-14H2,1H3,(H,22,25)/p+1/t18-/m1/s1. The van der Waals surface area contributed by atoms with E-state index in [0.29, 0.717) is 12.6 Å². The van der Waals surface area contributed by atoms with E-state index in [1.165, 1.54) is 16.0 Å². The summed E-state index contributed by atoms with van der Waals surface area (Å²) in [5, 5.41) is 4.16. The number of benzene rings is 2. The van der Waals surface area contributed by atoms with Crippen molar-refractivity contribution >= 4 is 33.1 Å². The van der Waals surface area contributed by atoms with Gasteiger partial charge in [-0.1, -0.05) is 12.1 Å². The second kappa shape index (κ2) is 8.06. The van der Waals surface area contributed by atoms with Crippen LogP contribution in [0.15, 0.2) is 48.5 Å². The summed E-state index contributed by atoms with van der Waals surface area (Å²) in [7, 11) is 1.63. The highest BCUT2D eigenvalue weighted by Gasteiger charge is 2.31. The Hall–Kier alpha value is -2.44. The Bertz CT molecular complexity index is 890. The SMILES string of the molecule is COc1ccc(NC(=O)C[NH+]2CCCC[C@@H]2c2nc3ccccc3s2)cc1. The zero-order valence-electron chi connectivity index (χ0n) is 15.4. The number of anilines is 1. The average Bonchev–Trinajstić information content (AvgIpc) is 3.13. The molecule has 6 heteroatoms. The van der Waals surface area contributed by atoms with E-state index in [0.717, 1.165) is 41.3 Å². The zero-order chi connectivity index (χ0) is 18.6. The van der Waals surface area contributed by atoms with Gasteiger partial charge in [0.2, 0.25) is 0 Å². The first-order valence-electron chi connectivity index (χ1n) is 9.37. The third-order valence-electron chi connectivity index (χ3n) is 5.10. The van der Waals surface area contributed by atoms with Gasteiger partial charge in [0.1, 0.15) is 11.8 Å². The Labute approximate surface area is 163 Å². The number of fused-ring (bicyclic) bond motifs is 1. The smallest absolute Gasteiger partial charge is 0.279 e. The molecule has 1 aliphatic heterocycles. The maximum Gasteiger partial charge on any atom is 0.279 e. The highest BCUT2D eigenvalue weighted by atomic mass is 32.1. The second-order valence-electron chi connectivity index (χ2n) is 6.93. The van der Waals surface area contributed by atoms with Gasteiger partial charge >= 0.3 is 0 Å². The maximum atomic E-state index is 12.6. The minimum absolute atomic E-state index is 0.0446. The molecule has 0 saturated carbocycles. The van der Waals surface area contributed by atoms with Gasteiger partial charge in [-0.05, 0) is 49.2 Å². The third kappa shape index (κ3) is 4.12. The quantitative estimate of drug-likeness (QED) is 0.713. The molecule has 1 unspecified atom stereocenters. The highest BCUT2D eigenvalue weighted by Crippen LogP contribution is 2.28. The van der Waals surface area contributed by atoms with Crippen molar-refractivity contribution in [2.45, 2.75) is 25.3 Å². The molecule has 0 bridgehead atoms. The normalized spacial score (nSPS) is 19.7. The lowest BCUT2D eigenvalue weighted by Crippen LogP contribution is -3.14. The number of nitrogens with zero attached hydrogens (tertiary/aromatic N) is 1. The van der Waals surface area contributed by atoms with Gasteiger partial charge in [0.25, 0.3) is 5.91 Å². The van der Waals surface area contributed by atoms with Crippen LogP contribution < -0.4 is 15.0 Å². The van der Waals surface area contributed by atoms with Gasteiger partial charge in [-0.15, -0.1) is 11.3 Å². The number of rotatable bonds is 5. The molecule has 2 atom stereocenters. The molecule has 2 aromatic carbocycles. The largest absolute Gasteiger partial charge is 0.497 e. The number of likely N-dealkylation sites (tertiary alicyclic amines) is 1. The van der Waals surface area contributed by atoms with E-state index >= 15 is 0 Å². The van der Waals surface area contributed by atoms with Crippen molar-refractivity contribution < 1.29 is 14.4 Å². The Kier molecular flexibility index (Phi) is 5.36. The van der Waals surface area contributed by atoms with Crippen LogP contribution >= 0.6 is 11.3 Å². The molecule has 1 aromatic heterocycles. The summed E-state index contributed by atoms with van der Waals surface area (Å²) in [6.07, 6.45) is 3.45. The minimum atomic E-state index is 0.0446. The van der Waals surface area contributed by atoms with Crippen molar-refractivity contribution in [3.63, 3.8) is 0 Å². The number of methoxy groups -OCH3 is 1. The number of ether oxygens (including phenoxy) is 1. The topological polar surface area (TPSA) is 55.7 Å². The number of thiazole rings is 1. The molecule has 27 heavy (non-hydrogen) atoms. The van der Waals surface area contributed by atoms with Crippen molar-refractivity contribution in [1.82, 2.24) is 4.98 Å². The van der Waals surface area contributed by atoms with E-state index in [4.69, 9.17) is 9.72 Å². The molecule has 5 nitrogen and oxygen atoms in total. The molecule has 0 aliphatic carbocycles. The summed E-state index contributed by atoms with van der Waals surface area (Å²) in [5.74, 6) is 0.828. The van der Waals surface area contributed by atoms with Gasteiger partial charge in [0, 0.05) is 12.1 Å². The summed E-state index contributed by atoms with van der Waals surface area (Å²) >= 11 is 1.77. The number of hydrogen-bond acceptors (Lipinski definition) is 4. The van der Waals surface area contributed by atoms with Crippen LogP contribution in [0.3, 0.4) is 0 Å². The molecule has 1 amide bonds. The summed E-state index contributed by atoms with van der Waals surface area (Å²) in [6.45, 7) is 1.48. The summed E-state index contributed by atoms with van der Waals surface area (Å²) in [4.78, 5) is 18.8. The van der Waals surface area contributed by atoms with E-state index < -0.39 is 0 Å². The number of carbonyl (C=O) groups is 1. The number of quaternary nitrogens is 1. The molecule has 2 N–H and O–H groups in total. The van der Waals surface area contributed by atoms with Crippen molar-refractivity contribution in [1.29, 1.82) is 0 Å². The van der Waals surface area contributed by atoms with Crippen LogP contribution in [0.2, 0.25) is 0 Å². The predicted octanol–water partition coefficient (Wildman–Crippen LogP) is 3.05. The number of hydrogen-bond donors (Lipinski definition) is 2. The minimum Gasteiger partial charge on any atom is -0.497 e. The van der Waals surface area contributed by atoms with Gasteiger partial charge in [0.15, 0.2) is 11.6 Å². The van der Waals surface area contributed by atoms with E-state index in [1.54, 1.807) is 18.4 Å². The molecule has 0 radical (unpaired) electrons. The fourth-order valence-corrected chi connectivity index (χ4v) is 4.87. The van der Waals surface area contributed by atoms with Crippen LogP contribution in [0.25, 0.3) is 10.2 Å². The number of amides is 1. The van der Waals surface area contributed by atoms with Crippen molar-refractivity contribution in [2.24, 2.45) is 0 Å². The number of nitrogens with one attached hydrogen (secondary N) is 2.